The summed E-state index contributed by atoms with van der Waals surface area (Å²) >= 11 is 0. The van der Waals surface area contributed by atoms with Crippen molar-refractivity contribution in [2.45, 2.75) is 18.5 Å². The van der Waals surface area contributed by atoms with Gasteiger partial charge in [-0.3, -0.25) is 14.6 Å². The summed E-state index contributed by atoms with van der Waals surface area (Å²) in [6.45, 7) is 0. The predicted molar refractivity (Wildman–Crippen MR) is 109 cm³/mol. The van der Waals surface area contributed by atoms with Crippen molar-refractivity contribution in [1.29, 1.82) is 0 Å². The SMILES string of the molecule is NC(=O)C1CC(C(=O)NC(c2ccccc2)c2ccco2)=NN1c1ccc(F)cc1. The summed E-state index contributed by atoms with van der Waals surface area (Å²) in [5.74, 6) is -0.928. The van der Waals surface area contributed by atoms with E-state index in [-0.39, 0.29) is 12.1 Å². The summed E-state index contributed by atoms with van der Waals surface area (Å²) < 4.78 is 18.8. The Morgan fingerprint density at radius 3 is 2.47 bits per heavy atom. The van der Waals surface area contributed by atoms with Gasteiger partial charge in [0.15, 0.2) is 0 Å². The van der Waals surface area contributed by atoms with Gasteiger partial charge in [-0.25, -0.2) is 4.39 Å². The molecule has 152 valence electrons. The highest BCUT2D eigenvalue weighted by molar-refractivity contribution is 6.40. The number of amides is 2. The maximum atomic E-state index is 13.3. The second kappa shape index (κ2) is 8.20. The van der Waals surface area contributed by atoms with Crippen molar-refractivity contribution in [3.63, 3.8) is 0 Å². The van der Waals surface area contributed by atoms with Crippen LogP contribution < -0.4 is 16.1 Å². The largest absolute Gasteiger partial charge is 0.467 e. The molecule has 1 aromatic heterocycles. The second-order valence-corrected chi connectivity index (χ2v) is 6.82. The fourth-order valence-electron chi connectivity index (χ4n) is 3.34. The number of anilines is 1. The molecule has 0 saturated heterocycles. The highest BCUT2D eigenvalue weighted by Crippen LogP contribution is 2.26. The summed E-state index contributed by atoms with van der Waals surface area (Å²) in [5.41, 5.74) is 6.96. The molecule has 30 heavy (non-hydrogen) atoms. The second-order valence-electron chi connectivity index (χ2n) is 6.82. The smallest absolute Gasteiger partial charge is 0.268 e. The number of nitrogens with zero attached hydrogens (tertiary/aromatic N) is 2. The highest BCUT2D eigenvalue weighted by Gasteiger charge is 2.36. The maximum absolute atomic E-state index is 13.3. The summed E-state index contributed by atoms with van der Waals surface area (Å²) in [6.07, 6.45) is 1.57. The Bertz CT molecular complexity index is 1070. The van der Waals surface area contributed by atoms with E-state index in [1.54, 1.807) is 12.1 Å². The zero-order valence-corrected chi connectivity index (χ0v) is 15.9. The number of hydrazone groups is 1. The first kappa shape index (κ1) is 19.4. The average molecular weight is 406 g/mol. The normalized spacial score (nSPS) is 16.8. The molecule has 0 radical (unpaired) electrons. The number of halogens is 1. The fraction of sp³-hybridized carbons (Fsp3) is 0.136. The fourth-order valence-corrected chi connectivity index (χ4v) is 3.34. The third-order valence-electron chi connectivity index (χ3n) is 4.83. The Morgan fingerprint density at radius 2 is 1.83 bits per heavy atom. The van der Waals surface area contributed by atoms with E-state index in [0.29, 0.717) is 11.4 Å². The van der Waals surface area contributed by atoms with Crippen LogP contribution in [-0.2, 0) is 9.59 Å². The van der Waals surface area contributed by atoms with Crippen molar-refractivity contribution in [1.82, 2.24) is 5.32 Å². The van der Waals surface area contributed by atoms with Crippen molar-refractivity contribution in [2.75, 3.05) is 5.01 Å². The van der Waals surface area contributed by atoms with E-state index in [0.717, 1.165) is 5.56 Å². The molecule has 2 heterocycles. The number of primary amides is 1. The zero-order chi connectivity index (χ0) is 21.1. The van der Waals surface area contributed by atoms with Crippen LogP contribution in [0.2, 0.25) is 0 Å². The quantitative estimate of drug-likeness (QED) is 0.657. The lowest BCUT2D eigenvalue weighted by Crippen LogP contribution is -2.40. The summed E-state index contributed by atoms with van der Waals surface area (Å²) in [6, 6.07) is 17.0. The number of hydrogen-bond donors (Lipinski definition) is 2. The summed E-state index contributed by atoms with van der Waals surface area (Å²) in [5, 5.41) is 8.57. The minimum Gasteiger partial charge on any atom is -0.467 e. The lowest BCUT2D eigenvalue weighted by molar-refractivity contribution is -0.119. The number of carbonyl (C=O) groups excluding carboxylic acids is 2. The van der Waals surface area contributed by atoms with Gasteiger partial charge in [0, 0.05) is 6.42 Å². The molecule has 7 nitrogen and oxygen atoms in total. The molecule has 2 atom stereocenters. The van der Waals surface area contributed by atoms with Crippen molar-refractivity contribution in [3.8, 4) is 0 Å². The Labute approximate surface area is 172 Å². The molecule has 8 heteroatoms. The van der Waals surface area contributed by atoms with Gasteiger partial charge < -0.3 is 15.5 Å². The number of hydrogen-bond acceptors (Lipinski definition) is 5. The molecule has 2 aromatic carbocycles. The van der Waals surface area contributed by atoms with Crippen LogP contribution in [0.5, 0.6) is 0 Å². The molecule has 4 rings (SSSR count). The van der Waals surface area contributed by atoms with Gasteiger partial charge in [0.2, 0.25) is 5.91 Å². The van der Waals surface area contributed by atoms with Crippen LogP contribution >= 0.6 is 0 Å². The third kappa shape index (κ3) is 3.93. The number of carbonyl (C=O) groups is 2. The van der Waals surface area contributed by atoms with Crippen LogP contribution in [0.15, 0.2) is 82.5 Å². The summed E-state index contributed by atoms with van der Waals surface area (Å²) in [7, 11) is 0. The van der Waals surface area contributed by atoms with Crippen molar-refractivity contribution < 1.29 is 18.4 Å². The number of nitrogens with two attached hydrogens (primary N) is 1. The van der Waals surface area contributed by atoms with Gasteiger partial charge >= 0.3 is 0 Å². The molecule has 3 N–H and O–H groups in total. The lowest BCUT2D eigenvalue weighted by Gasteiger charge is -2.20. The van der Waals surface area contributed by atoms with E-state index in [1.807, 2.05) is 30.3 Å². The first-order chi connectivity index (χ1) is 14.5. The van der Waals surface area contributed by atoms with Gasteiger partial charge in [0.25, 0.3) is 5.91 Å². The molecule has 0 bridgehead atoms. The topological polar surface area (TPSA) is 101 Å². The molecule has 2 amide bonds. The standard InChI is InChI=1S/C22H19FN4O3/c23-15-8-10-16(11-9-15)27-18(21(24)28)13-17(26-27)22(29)25-20(19-7-4-12-30-19)14-5-2-1-3-6-14/h1-12,18,20H,13H2,(H2,24,28)(H,25,29). The Hall–Kier alpha value is -3.94. The average Bonchev–Trinajstić information content (AvgIpc) is 3.43. The Morgan fingerprint density at radius 1 is 1.10 bits per heavy atom. The van der Waals surface area contributed by atoms with Gasteiger partial charge in [-0.2, -0.15) is 5.10 Å². The molecule has 0 aliphatic carbocycles. The van der Waals surface area contributed by atoms with Crippen LogP contribution in [0.1, 0.15) is 23.8 Å². The van der Waals surface area contributed by atoms with Crippen LogP contribution in [0.3, 0.4) is 0 Å². The minimum absolute atomic E-state index is 0.0399. The molecule has 1 aliphatic heterocycles. The molecule has 3 aromatic rings. The van der Waals surface area contributed by atoms with E-state index in [1.165, 1.54) is 35.5 Å². The predicted octanol–water partition coefficient (Wildman–Crippen LogP) is 2.74. The Balaban J connectivity index is 1.60. The van der Waals surface area contributed by atoms with Crippen molar-refractivity contribution in [2.24, 2.45) is 10.8 Å². The summed E-state index contributed by atoms with van der Waals surface area (Å²) in [4.78, 5) is 24.9. The minimum atomic E-state index is -0.838. The van der Waals surface area contributed by atoms with Gasteiger partial charge in [-0.15, -0.1) is 0 Å². The van der Waals surface area contributed by atoms with Crippen molar-refractivity contribution >= 4 is 23.2 Å². The molecule has 2 unspecified atom stereocenters. The third-order valence-corrected chi connectivity index (χ3v) is 4.83. The molecule has 0 spiro atoms. The first-order valence-electron chi connectivity index (χ1n) is 9.34. The van der Waals surface area contributed by atoms with Gasteiger partial charge in [0.05, 0.1) is 12.0 Å². The van der Waals surface area contributed by atoms with Gasteiger partial charge in [0.1, 0.15) is 29.4 Å². The molecule has 0 saturated carbocycles. The van der Waals surface area contributed by atoms with E-state index in [4.69, 9.17) is 10.2 Å². The first-order valence-corrected chi connectivity index (χ1v) is 9.34. The highest BCUT2D eigenvalue weighted by atomic mass is 19.1. The number of nitrogens with one attached hydrogen (secondary N) is 1. The molecule has 0 fully saturated rings. The van der Waals surface area contributed by atoms with Crippen LogP contribution in [0.4, 0.5) is 10.1 Å². The van der Waals surface area contributed by atoms with Crippen LogP contribution in [0.25, 0.3) is 0 Å². The van der Waals surface area contributed by atoms with E-state index in [2.05, 4.69) is 10.4 Å². The lowest BCUT2D eigenvalue weighted by atomic mass is 10.0. The maximum Gasteiger partial charge on any atom is 0.268 e. The monoisotopic (exact) mass is 406 g/mol. The number of benzene rings is 2. The van der Waals surface area contributed by atoms with E-state index in [9.17, 15) is 14.0 Å². The molecular weight excluding hydrogens is 387 g/mol. The van der Waals surface area contributed by atoms with E-state index >= 15 is 0 Å². The van der Waals surface area contributed by atoms with Crippen molar-refractivity contribution in [3.05, 3.63) is 90.1 Å². The molecule has 1 aliphatic rings. The van der Waals surface area contributed by atoms with Gasteiger partial charge in [-0.05, 0) is 42.0 Å². The number of rotatable bonds is 6. The number of furan rings is 1. The Kier molecular flexibility index (Phi) is 5.30. The molecular formula is C22H19FN4O3. The van der Waals surface area contributed by atoms with E-state index < -0.39 is 29.7 Å². The zero-order valence-electron chi connectivity index (χ0n) is 15.9. The van der Waals surface area contributed by atoms with Gasteiger partial charge in [-0.1, -0.05) is 30.3 Å². The van der Waals surface area contributed by atoms with Crippen LogP contribution in [0, 0.1) is 5.82 Å². The van der Waals surface area contributed by atoms with Crippen LogP contribution in [-0.4, -0.2) is 23.6 Å².